The first-order valence-corrected chi connectivity index (χ1v) is 7.47. The molecule has 0 unspecified atom stereocenters. The van der Waals surface area contributed by atoms with E-state index in [1.807, 2.05) is 29.8 Å². The highest BCUT2D eigenvalue weighted by molar-refractivity contribution is 7.25. The van der Waals surface area contributed by atoms with Crippen LogP contribution in [0.15, 0.2) is 60.9 Å². The number of hydrogen-bond donors (Lipinski definition) is 0. The summed E-state index contributed by atoms with van der Waals surface area (Å²) in [6.45, 7) is 2.19. The molecule has 0 bridgehead atoms. The van der Waals surface area contributed by atoms with Crippen molar-refractivity contribution >= 4 is 31.5 Å². The largest absolute Gasteiger partial charge is 0.264 e. The summed E-state index contributed by atoms with van der Waals surface area (Å²) in [6, 6.07) is 17.3. The first-order valence-electron chi connectivity index (χ1n) is 6.65. The Morgan fingerprint density at radius 1 is 0.900 bits per heavy atom. The number of thiophene rings is 1. The maximum Gasteiger partial charge on any atom is 0.0358 e. The fraction of sp³-hybridized carbons (Fsp3) is 0.0556. The van der Waals surface area contributed by atoms with E-state index in [2.05, 4.69) is 54.4 Å². The van der Waals surface area contributed by atoms with Gasteiger partial charge in [0.25, 0.3) is 0 Å². The first kappa shape index (κ1) is 11.6. The van der Waals surface area contributed by atoms with Crippen LogP contribution < -0.4 is 0 Å². The third-order valence-corrected chi connectivity index (χ3v) is 4.83. The molecule has 0 amide bonds. The number of fused-ring (bicyclic) bond motifs is 3. The average Bonchev–Trinajstić information content (AvgIpc) is 2.87. The van der Waals surface area contributed by atoms with Crippen molar-refractivity contribution in [2.24, 2.45) is 0 Å². The Kier molecular flexibility index (Phi) is 2.57. The van der Waals surface area contributed by atoms with E-state index in [9.17, 15) is 0 Å². The summed E-state index contributed by atoms with van der Waals surface area (Å²) in [5.74, 6) is 0. The molecule has 0 saturated heterocycles. The summed E-state index contributed by atoms with van der Waals surface area (Å²) < 4.78 is 2.71. The molecule has 0 N–H and O–H groups in total. The molecule has 4 rings (SSSR count). The van der Waals surface area contributed by atoms with E-state index >= 15 is 0 Å². The van der Waals surface area contributed by atoms with Crippen molar-refractivity contribution in [3.8, 4) is 11.1 Å². The summed E-state index contributed by atoms with van der Waals surface area (Å²) in [5, 5.41) is 2.74. The fourth-order valence-corrected chi connectivity index (χ4v) is 3.88. The molecule has 0 aliphatic rings. The lowest BCUT2D eigenvalue weighted by Gasteiger charge is -2.02. The molecule has 1 nitrogen and oxygen atoms in total. The number of aromatic nitrogens is 1. The summed E-state index contributed by atoms with van der Waals surface area (Å²) in [5.41, 5.74) is 3.74. The molecule has 2 heterocycles. The molecule has 0 atom stereocenters. The zero-order valence-electron chi connectivity index (χ0n) is 11.1. The second kappa shape index (κ2) is 4.43. The van der Waals surface area contributed by atoms with Crippen LogP contribution in [0.2, 0.25) is 0 Å². The topological polar surface area (TPSA) is 12.9 Å². The molecular weight excluding hydrogens is 262 g/mol. The normalized spacial score (nSPS) is 11.2. The third kappa shape index (κ3) is 1.73. The molecule has 0 aliphatic heterocycles. The summed E-state index contributed by atoms with van der Waals surface area (Å²) in [7, 11) is 0. The smallest absolute Gasteiger partial charge is 0.0358 e. The van der Waals surface area contributed by atoms with Crippen LogP contribution in [-0.4, -0.2) is 4.98 Å². The Hall–Kier alpha value is -2.19. The van der Waals surface area contributed by atoms with Crippen molar-refractivity contribution in [2.45, 2.75) is 6.92 Å². The van der Waals surface area contributed by atoms with Gasteiger partial charge >= 0.3 is 0 Å². The highest BCUT2D eigenvalue weighted by Gasteiger charge is 2.08. The van der Waals surface area contributed by atoms with Crippen LogP contribution in [0.25, 0.3) is 31.3 Å². The molecule has 0 saturated carbocycles. The Balaban J connectivity index is 2.06. The monoisotopic (exact) mass is 275 g/mol. The number of rotatable bonds is 1. The van der Waals surface area contributed by atoms with Gasteiger partial charge in [0.05, 0.1) is 0 Å². The van der Waals surface area contributed by atoms with E-state index in [4.69, 9.17) is 0 Å². The highest BCUT2D eigenvalue weighted by atomic mass is 32.1. The molecule has 0 aliphatic carbocycles. The van der Waals surface area contributed by atoms with Crippen molar-refractivity contribution in [1.82, 2.24) is 4.98 Å². The van der Waals surface area contributed by atoms with Gasteiger partial charge in [-0.3, -0.25) is 4.98 Å². The van der Waals surface area contributed by atoms with Crippen LogP contribution in [0.3, 0.4) is 0 Å². The lowest BCUT2D eigenvalue weighted by Crippen LogP contribution is -1.79. The van der Waals surface area contributed by atoms with Crippen LogP contribution in [-0.2, 0) is 0 Å². The quantitative estimate of drug-likeness (QED) is 0.451. The second-order valence-electron chi connectivity index (χ2n) is 5.00. The highest BCUT2D eigenvalue weighted by Crippen LogP contribution is 2.37. The van der Waals surface area contributed by atoms with Crippen LogP contribution in [0.5, 0.6) is 0 Å². The fourth-order valence-electron chi connectivity index (χ4n) is 2.72. The number of pyridine rings is 1. The van der Waals surface area contributed by atoms with Crippen molar-refractivity contribution in [1.29, 1.82) is 0 Å². The molecule has 0 spiro atoms. The zero-order valence-corrected chi connectivity index (χ0v) is 11.9. The molecule has 2 heteroatoms. The van der Waals surface area contributed by atoms with Gasteiger partial charge in [-0.1, -0.05) is 24.3 Å². The molecule has 20 heavy (non-hydrogen) atoms. The molecule has 0 radical (unpaired) electrons. The Morgan fingerprint density at radius 3 is 2.70 bits per heavy atom. The van der Waals surface area contributed by atoms with Crippen LogP contribution in [0.1, 0.15) is 5.56 Å². The standard InChI is InChI=1S/C18H13NS/c1-12-4-2-6-17-18(12)15-10-13(7-8-16(15)20-17)14-5-3-9-19-11-14/h2-11H,1H3. The van der Waals surface area contributed by atoms with Crippen molar-refractivity contribution in [3.05, 3.63) is 66.5 Å². The van der Waals surface area contributed by atoms with Gasteiger partial charge in [-0.05, 0) is 42.3 Å². The van der Waals surface area contributed by atoms with Crippen molar-refractivity contribution < 1.29 is 0 Å². The molecule has 96 valence electrons. The second-order valence-corrected chi connectivity index (χ2v) is 6.09. The van der Waals surface area contributed by atoms with Gasteiger partial charge in [0.1, 0.15) is 0 Å². The van der Waals surface area contributed by atoms with E-state index in [-0.39, 0.29) is 0 Å². The van der Waals surface area contributed by atoms with Crippen LogP contribution in [0, 0.1) is 6.92 Å². The number of hydrogen-bond acceptors (Lipinski definition) is 2. The summed E-state index contributed by atoms with van der Waals surface area (Å²) in [6.07, 6.45) is 3.73. The van der Waals surface area contributed by atoms with Gasteiger partial charge < -0.3 is 0 Å². The number of aryl methyl sites for hydroxylation is 1. The number of benzene rings is 2. The Bertz CT molecular complexity index is 907. The first-order chi connectivity index (χ1) is 9.83. The number of nitrogens with zero attached hydrogens (tertiary/aromatic N) is 1. The third-order valence-electron chi connectivity index (χ3n) is 3.70. The zero-order chi connectivity index (χ0) is 13.5. The minimum Gasteiger partial charge on any atom is -0.264 e. The maximum atomic E-state index is 4.21. The van der Waals surface area contributed by atoms with Gasteiger partial charge in [-0.25, -0.2) is 0 Å². The van der Waals surface area contributed by atoms with E-state index in [0.29, 0.717) is 0 Å². The molecular formula is C18H13NS. The Morgan fingerprint density at radius 2 is 1.85 bits per heavy atom. The van der Waals surface area contributed by atoms with Crippen molar-refractivity contribution in [3.63, 3.8) is 0 Å². The Labute approximate surface area is 121 Å². The van der Waals surface area contributed by atoms with E-state index in [1.54, 1.807) is 0 Å². The van der Waals surface area contributed by atoms with Gasteiger partial charge in [0.2, 0.25) is 0 Å². The predicted molar refractivity (Wildman–Crippen MR) is 87.3 cm³/mol. The minimum atomic E-state index is 1.17. The minimum absolute atomic E-state index is 1.17. The molecule has 2 aromatic carbocycles. The van der Waals surface area contributed by atoms with E-state index in [1.165, 1.54) is 36.9 Å². The van der Waals surface area contributed by atoms with Crippen LogP contribution in [0.4, 0.5) is 0 Å². The van der Waals surface area contributed by atoms with Gasteiger partial charge in [0.15, 0.2) is 0 Å². The molecule has 4 aromatic rings. The molecule has 2 aromatic heterocycles. The molecule has 0 fully saturated rings. The van der Waals surface area contributed by atoms with Crippen LogP contribution >= 0.6 is 11.3 Å². The average molecular weight is 275 g/mol. The van der Waals surface area contributed by atoms with Gasteiger partial charge in [0, 0.05) is 38.1 Å². The lowest BCUT2D eigenvalue weighted by atomic mass is 10.0. The van der Waals surface area contributed by atoms with Gasteiger partial charge in [-0.2, -0.15) is 0 Å². The summed E-state index contributed by atoms with van der Waals surface area (Å²) in [4.78, 5) is 4.21. The van der Waals surface area contributed by atoms with Gasteiger partial charge in [-0.15, -0.1) is 11.3 Å². The lowest BCUT2D eigenvalue weighted by molar-refractivity contribution is 1.33. The predicted octanol–water partition coefficient (Wildman–Crippen LogP) is 5.42. The summed E-state index contributed by atoms with van der Waals surface area (Å²) >= 11 is 1.86. The van der Waals surface area contributed by atoms with E-state index < -0.39 is 0 Å². The maximum absolute atomic E-state index is 4.21. The van der Waals surface area contributed by atoms with Crippen molar-refractivity contribution in [2.75, 3.05) is 0 Å². The SMILES string of the molecule is Cc1cccc2sc3ccc(-c4cccnc4)cc3c12. The van der Waals surface area contributed by atoms with E-state index in [0.717, 1.165) is 0 Å².